The molecular weight excluding hydrogens is 1050 g/mol. The minimum Gasteiger partial charge on any atom is -0.324 e. The normalized spacial score (nSPS) is 13.8. The number of amides is 1. The zero-order chi connectivity index (χ0) is 56.2. The summed E-state index contributed by atoms with van der Waals surface area (Å²) in [5.41, 5.74) is -0.307. The highest BCUT2D eigenvalue weighted by Crippen LogP contribution is 2.52. The maximum absolute atomic E-state index is 12.0. The largest absolute Gasteiger partial charge is 0.469 e. The van der Waals surface area contributed by atoms with Gasteiger partial charge >= 0.3 is 30.6 Å². The average molecular weight is 1140 g/mol. The lowest BCUT2D eigenvalue weighted by Gasteiger charge is -2.19. The fraction of sp³-hybridized carbons (Fsp3) is 0.821. The number of fused-ring (bicyclic) bond motifs is 1. The molecule has 30 heteroatoms. The van der Waals surface area contributed by atoms with E-state index in [4.69, 9.17) is 42.2 Å². The molecule has 1 heterocycles. The third-order valence-corrected chi connectivity index (χ3v) is 18.6. The Hall–Kier alpha value is -0.980. The van der Waals surface area contributed by atoms with E-state index < -0.39 is 82.8 Å². The van der Waals surface area contributed by atoms with Crippen LogP contribution in [0.3, 0.4) is 0 Å². The van der Waals surface area contributed by atoms with Gasteiger partial charge in [0.15, 0.2) is 0 Å². The standard InChI is InChI=1S/C11H13NO3S.C8H19O3P.C7H17O3P.C4H11O4P.C3H9NO2S.C3H9O3P.C3H8O3S/c1-8(2)7-12-11(13)9-5-3-4-6-10(9)16(12,14)15;1-5-10-12(9,11-6-2)7-8(3)4;1-5-9-11(8,7(3)4)10-6-2;1-4(2)3-8-9(5,6)7;3*1-3(2)7(4,5)6/h3-6,8H,7H2,1-2H3;8H,5-7H2,1-4H3;7H,5-6H2,1-4H3;4H,3H2,1-2H3,(H2,5,6,7);2*3H,1-2H3,(H2,4,5,6);3H,1-2H3,(H,4,5,6). The monoisotopic (exact) mass is 1140 g/mol. The van der Waals surface area contributed by atoms with Gasteiger partial charge in [-0.15, -0.1) is 0 Å². The number of hydrogen-bond donors (Lipinski definition) is 6. The van der Waals surface area contributed by atoms with Gasteiger partial charge in [0.2, 0.25) is 10.0 Å². The third kappa shape index (κ3) is 39.2. The molecule has 1 aromatic carbocycles. The molecule has 0 bridgehead atoms. The van der Waals surface area contributed by atoms with E-state index in [2.05, 4.69) is 9.66 Å². The second-order valence-corrected chi connectivity index (χ2v) is 30.9. The molecule has 0 saturated carbocycles. The van der Waals surface area contributed by atoms with E-state index in [1.807, 2.05) is 83.1 Å². The summed E-state index contributed by atoms with van der Waals surface area (Å²) in [7, 11) is -24.1. The number of hydrogen-bond acceptors (Lipinski definition) is 16. The predicted molar refractivity (Wildman–Crippen MR) is 271 cm³/mol. The zero-order valence-electron chi connectivity index (χ0n) is 43.6. The van der Waals surface area contributed by atoms with Gasteiger partial charge in [-0.05, 0) is 85.3 Å². The van der Waals surface area contributed by atoms with Gasteiger partial charge < -0.3 is 37.7 Å². The Morgan fingerprint density at radius 3 is 1.20 bits per heavy atom. The Kier molecular flexibility index (Phi) is 40.2. The average Bonchev–Trinajstić information content (AvgIpc) is 3.34. The molecule has 416 valence electrons. The molecule has 69 heavy (non-hydrogen) atoms. The number of phosphoric ester groups is 1. The van der Waals surface area contributed by atoms with Gasteiger partial charge in [0.05, 0.1) is 66.6 Å². The van der Waals surface area contributed by atoms with Crippen molar-refractivity contribution in [1.29, 1.82) is 0 Å². The number of rotatable bonds is 19. The van der Waals surface area contributed by atoms with Gasteiger partial charge in [0.25, 0.3) is 26.0 Å². The molecule has 0 atom stereocenters. The maximum Gasteiger partial charge on any atom is 0.469 e. The summed E-state index contributed by atoms with van der Waals surface area (Å²) in [6.45, 7) is 33.3. The van der Waals surface area contributed by atoms with Crippen molar-refractivity contribution in [2.45, 2.75) is 151 Å². The Labute approximate surface area is 414 Å². The molecule has 23 nitrogen and oxygen atoms in total. The molecule has 0 spiro atoms. The van der Waals surface area contributed by atoms with Crippen LogP contribution in [0.4, 0.5) is 0 Å². The van der Waals surface area contributed by atoms with E-state index in [0.29, 0.717) is 38.5 Å². The van der Waals surface area contributed by atoms with Crippen molar-refractivity contribution in [2.75, 3.05) is 45.7 Å². The van der Waals surface area contributed by atoms with E-state index in [9.17, 15) is 48.3 Å². The Bertz CT molecular complexity index is 2050. The van der Waals surface area contributed by atoms with Crippen molar-refractivity contribution in [3.63, 3.8) is 0 Å². The minimum atomic E-state index is -4.22. The second-order valence-electron chi connectivity index (χ2n) is 16.8. The zero-order valence-corrected chi connectivity index (χ0v) is 49.6. The topological polar surface area (TPSA) is 364 Å². The van der Waals surface area contributed by atoms with Crippen molar-refractivity contribution in [3.8, 4) is 0 Å². The number of phosphoric acid groups is 1. The first-order valence-corrected chi connectivity index (χ1v) is 33.1. The first-order chi connectivity index (χ1) is 30.8. The first-order valence-electron chi connectivity index (χ1n) is 22.0. The van der Waals surface area contributed by atoms with Gasteiger partial charge in [0.1, 0.15) is 4.90 Å². The highest BCUT2D eigenvalue weighted by molar-refractivity contribution is 7.90. The molecule has 1 aromatic rings. The van der Waals surface area contributed by atoms with Crippen LogP contribution in [0.5, 0.6) is 0 Å². The van der Waals surface area contributed by atoms with E-state index in [1.54, 1.807) is 18.2 Å². The number of nitrogens with two attached hydrogens (primary N) is 1. The molecule has 0 aromatic heterocycles. The van der Waals surface area contributed by atoms with Crippen LogP contribution in [0, 0.1) is 17.8 Å². The van der Waals surface area contributed by atoms with Gasteiger partial charge in [-0.1, -0.05) is 81.4 Å². The molecule has 0 saturated heterocycles. The van der Waals surface area contributed by atoms with Crippen LogP contribution in [-0.2, 0) is 71.0 Å². The second kappa shape index (κ2) is 36.0. The van der Waals surface area contributed by atoms with E-state index >= 15 is 0 Å². The quantitative estimate of drug-likeness (QED) is 0.0559. The van der Waals surface area contributed by atoms with E-state index in [-0.39, 0.29) is 41.1 Å². The number of benzene rings is 1. The Morgan fingerprint density at radius 1 is 0.623 bits per heavy atom. The molecule has 0 fully saturated rings. The van der Waals surface area contributed by atoms with E-state index in [1.165, 1.54) is 47.6 Å². The minimum absolute atomic E-state index is 0.0533. The van der Waals surface area contributed by atoms with Crippen LogP contribution < -0.4 is 5.14 Å². The number of carbonyl (C=O) groups is 1. The third-order valence-electron chi connectivity index (χ3n) is 7.44. The molecule has 7 N–H and O–H groups in total. The molecule has 1 aliphatic rings. The summed E-state index contributed by atoms with van der Waals surface area (Å²) < 4.78 is 141. The Morgan fingerprint density at radius 2 is 0.986 bits per heavy atom. The SMILES string of the molecule is CC(C)CN1C(=O)c2ccccc2S1(=O)=O.CC(C)COP(=O)(O)O.CC(C)P(=O)(O)O.CC(C)S(=O)(=O)O.CC(C)S(N)(=O)=O.CCOP(=O)(CC(C)C)OCC.CCOP(=O)(OCC)C(C)C. The van der Waals surface area contributed by atoms with Crippen LogP contribution in [0.25, 0.3) is 0 Å². The first kappa shape index (κ1) is 76.9. The molecular formula is C39H86N2O21P4S3. The molecule has 1 amide bonds. The molecule has 1 aliphatic heterocycles. The summed E-state index contributed by atoms with van der Waals surface area (Å²) in [6.07, 6.45) is 0.509. The highest BCUT2D eigenvalue weighted by atomic mass is 32.2. The molecule has 0 unspecified atom stereocenters. The number of nitrogens with zero attached hydrogens (tertiary/aromatic N) is 1. The Balaban J connectivity index is -0.000000237. The van der Waals surface area contributed by atoms with Crippen LogP contribution in [0.2, 0.25) is 0 Å². The highest BCUT2D eigenvalue weighted by Gasteiger charge is 2.40. The fourth-order valence-corrected chi connectivity index (χ4v) is 9.25. The van der Waals surface area contributed by atoms with Crippen LogP contribution in [0.15, 0.2) is 29.2 Å². The van der Waals surface area contributed by atoms with Gasteiger partial charge in [-0.2, -0.15) is 8.42 Å². The van der Waals surface area contributed by atoms with Gasteiger partial charge in [-0.3, -0.25) is 27.6 Å². The summed E-state index contributed by atoms with van der Waals surface area (Å²) in [6, 6.07) is 6.33. The van der Waals surface area contributed by atoms with Crippen LogP contribution in [0.1, 0.15) is 135 Å². The molecule has 2 rings (SSSR count). The maximum atomic E-state index is 12.0. The smallest absolute Gasteiger partial charge is 0.324 e. The van der Waals surface area contributed by atoms with Crippen molar-refractivity contribution in [1.82, 2.24) is 4.31 Å². The summed E-state index contributed by atoms with van der Waals surface area (Å²) in [5, 5.41) is 3.53. The van der Waals surface area contributed by atoms with Crippen LogP contribution >= 0.6 is 30.6 Å². The van der Waals surface area contributed by atoms with Crippen molar-refractivity contribution in [2.24, 2.45) is 22.9 Å². The van der Waals surface area contributed by atoms with Crippen molar-refractivity contribution in [3.05, 3.63) is 29.8 Å². The fourth-order valence-electron chi connectivity index (χ4n) is 3.67. The number of carbonyl (C=O) groups excluding carboxylic acids is 1. The van der Waals surface area contributed by atoms with Gasteiger partial charge in [0, 0.05) is 6.54 Å². The van der Waals surface area contributed by atoms with Gasteiger partial charge in [-0.25, -0.2) is 30.8 Å². The lowest BCUT2D eigenvalue weighted by molar-refractivity contribution is 0.0860. The summed E-state index contributed by atoms with van der Waals surface area (Å²) in [5.74, 6) is 0.198. The van der Waals surface area contributed by atoms with Crippen molar-refractivity contribution < 1.29 is 95.1 Å². The number of primary sulfonamides is 1. The molecule has 0 aliphatic carbocycles. The molecule has 0 radical (unpaired) electrons. The van der Waals surface area contributed by atoms with Crippen molar-refractivity contribution >= 4 is 66.7 Å². The summed E-state index contributed by atoms with van der Waals surface area (Å²) in [4.78, 5) is 44.7. The predicted octanol–water partition coefficient (Wildman–Crippen LogP) is 8.35. The lowest BCUT2D eigenvalue weighted by atomic mass is 10.2. The summed E-state index contributed by atoms with van der Waals surface area (Å²) >= 11 is 0. The van der Waals surface area contributed by atoms with E-state index in [0.717, 1.165) is 4.31 Å². The lowest BCUT2D eigenvalue weighted by Crippen LogP contribution is -2.33. The number of sulfonamides is 2. The van der Waals surface area contributed by atoms with Crippen LogP contribution in [-0.4, -0.2) is 127 Å².